The van der Waals surface area contributed by atoms with Crippen molar-refractivity contribution < 1.29 is 18.0 Å². The van der Waals surface area contributed by atoms with Crippen molar-refractivity contribution in [2.75, 3.05) is 11.9 Å². The Hall–Kier alpha value is -1.72. The molecule has 0 aliphatic rings. The van der Waals surface area contributed by atoms with Crippen LogP contribution in [0, 0.1) is 0 Å². The van der Waals surface area contributed by atoms with Crippen molar-refractivity contribution in [1.82, 2.24) is 5.32 Å². The number of para-hydroxylation sites is 1. The van der Waals surface area contributed by atoms with E-state index in [4.69, 9.17) is 0 Å². The minimum absolute atomic E-state index is 0.356. The van der Waals surface area contributed by atoms with E-state index in [1.54, 1.807) is 24.3 Å². The Morgan fingerprint density at radius 1 is 1.30 bits per heavy atom. The molecule has 3 nitrogen and oxygen atoms in total. The highest BCUT2D eigenvalue weighted by Crippen LogP contribution is 2.22. The number of hydrogen-bond donors (Lipinski definition) is 2. The highest BCUT2D eigenvalue weighted by atomic mass is 19.4. The standard InChI is InChI=1S/C14H19F3N2O/c1-3-8-18-12-7-5-4-6-11(12)13(20)19-10(2)9-14(15,16)17/h4-7,10,18H,3,8-9H2,1-2H3,(H,19,20). The number of benzene rings is 1. The lowest BCUT2D eigenvalue weighted by molar-refractivity contribution is -0.138. The zero-order valence-corrected chi connectivity index (χ0v) is 11.6. The van der Waals surface area contributed by atoms with E-state index in [0.717, 1.165) is 6.42 Å². The van der Waals surface area contributed by atoms with Crippen LogP contribution in [0.2, 0.25) is 0 Å². The van der Waals surface area contributed by atoms with Gasteiger partial charge in [-0.2, -0.15) is 13.2 Å². The number of carbonyl (C=O) groups is 1. The molecule has 0 radical (unpaired) electrons. The van der Waals surface area contributed by atoms with Crippen LogP contribution in [0.15, 0.2) is 24.3 Å². The fourth-order valence-corrected chi connectivity index (χ4v) is 1.79. The van der Waals surface area contributed by atoms with Crippen LogP contribution in [0.25, 0.3) is 0 Å². The Bertz CT molecular complexity index is 446. The lowest BCUT2D eigenvalue weighted by atomic mass is 10.1. The van der Waals surface area contributed by atoms with Crippen LogP contribution >= 0.6 is 0 Å². The van der Waals surface area contributed by atoms with Gasteiger partial charge in [0.05, 0.1) is 12.0 Å². The normalized spacial score (nSPS) is 12.8. The van der Waals surface area contributed by atoms with E-state index in [2.05, 4.69) is 10.6 Å². The molecular weight excluding hydrogens is 269 g/mol. The van der Waals surface area contributed by atoms with Gasteiger partial charge in [-0.15, -0.1) is 0 Å². The third kappa shape index (κ3) is 5.50. The second kappa shape index (κ2) is 7.17. The quantitative estimate of drug-likeness (QED) is 0.840. The van der Waals surface area contributed by atoms with Gasteiger partial charge in [-0.25, -0.2) is 0 Å². The second-order valence-corrected chi connectivity index (χ2v) is 4.67. The number of halogens is 3. The van der Waals surface area contributed by atoms with Crippen LogP contribution in [-0.2, 0) is 0 Å². The summed E-state index contributed by atoms with van der Waals surface area (Å²) in [5, 5.41) is 5.45. The van der Waals surface area contributed by atoms with E-state index >= 15 is 0 Å². The van der Waals surface area contributed by atoms with E-state index < -0.39 is 24.5 Å². The number of rotatable bonds is 6. The molecule has 1 amide bonds. The Morgan fingerprint density at radius 2 is 1.95 bits per heavy atom. The summed E-state index contributed by atoms with van der Waals surface area (Å²) in [6.07, 6.45) is -4.43. The minimum atomic E-state index is -4.29. The highest BCUT2D eigenvalue weighted by Gasteiger charge is 2.30. The molecule has 0 aliphatic heterocycles. The maximum atomic E-state index is 12.2. The van der Waals surface area contributed by atoms with Crippen LogP contribution in [0.3, 0.4) is 0 Å². The van der Waals surface area contributed by atoms with Crippen molar-refractivity contribution in [3.63, 3.8) is 0 Å². The number of alkyl halides is 3. The van der Waals surface area contributed by atoms with Gasteiger partial charge in [0.15, 0.2) is 0 Å². The Labute approximate surface area is 116 Å². The number of anilines is 1. The summed E-state index contributed by atoms with van der Waals surface area (Å²) < 4.78 is 36.7. The molecule has 0 aromatic heterocycles. The fourth-order valence-electron chi connectivity index (χ4n) is 1.79. The fraction of sp³-hybridized carbons (Fsp3) is 0.500. The van der Waals surface area contributed by atoms with Gasteiger partial charge in [0.25, 0.3) is 5.91 Å². The average molecular weight is 288 g/mol. The molecule has 0 spiro atoms. The predicted octanol–water partition coefficient (Wildman–Crippen LogP) is 3.58. The zero-order chi connectivity index (χ0) is 15.2. The SMILES string of the molecule is CCCNc1ccccc1C(=O)NC(C)CC(F)(F)F. The maximum absolute atomic E-state index is 12.2. The third-order valence-electron chi connectivity index (χ3n) is 2.65. The molecule has 112 valence electrons. The molecule has 0 bridgehead atoms. The first-order chi connectivity index (χ1) is 9.33. The second-order valence-electron chi connectivity index (χ2n) is 4.67. The summed E-state index contributed by atoms with van der Waals surface area (Å²) in [5.74, 6) is -0.499. The molecular formula is C14H19F3N2O. The summed E-state index contributed by atoms with van der Waals surface area (Å²) in [5.41, 5.74) is 0.987. The number of hydrogen-bond acceptors (Lipinski definition) is 2. The van der Waals surface area contributed by atoms with Gasteiger partial charge in [0.1, 0.15) is 0 Å². The first-order valence-electron chi connectivity index (χ1n) is 6.54. The van der Waals surface area contributed by atoms with Crippen LogP contribution in [0.1, 0.15) is 37.0 Å². The van der Waals surface area contributed by atoms with Gasteiger partial charge >= 0.3 is 6.18 Å². The summed E-state index contributed by atoms with van der Waals surface area (Å²) in [6.45, 7) is 4.02. The van der Waals surface area contributed by atoms with E-state index in [1.165, 1.54) is 6.92 Å². The van der Waals surface area contributed by atoms with Gasteiger partial charge < -0.3 is 10.6 Å². The molecule has 1 aromatic rings. The number of amides is 1. The molecule has 20 heavy (non-hydrogen) atoms. The first kappa shape index (κ1) is 16.3. The lowest BCUT2D eigenvalue weighted by Gasteiger charge is -2.17. The van der Waals surface area contributed by atoms with E-state index in [-0.39, 0.29) is 0 Å². The molecule has 1 aromatic carbocycles. The predicted molar refractivity (Wildman–Crippen MR) is 72.8 cm³/mol. The zero-order valence-electron chi connectivity index (χ0n) is 11.6. The molecule has 0 heterocycles. The molecule has 6 heteroatoms. The van der Waals surface area contributed by atoms with Gasteiger partial charge in [0, 0.05) is 18.3 Å². The molecule has 0 aliphatic carbocycles. The van der Waals surface area contributed by atoms with E-state index in [9.17, 15) is 18.0 Å². The van der Waals surface area contributed by atoms with Crippen LogP contribution in [0.5, 0.6) is 0 Å². The van der Waals surface area contributed by atoms with Crippen molar-refractivity contribution in [3.05, 3.63) is 29.8 Å². The Balaban J connectivity index is 2.72. The average Bonchev–Trinajstić information content (AvgIpc) is 2.34. The molecule has 2 N–H and O–H groups in total. The molecule has 1 rings (SSSR count). The number of nitrogens with one attached hydrogen (secondary N) is 2. The monoisotopic (exact) mass is 288 g/mol. The van der Waals surface area contributed by atoms with E-state index in [0.29, 0.717) is 17.8 Å². The highest BCUT2D eigenvalue weighted by molar-refractivity contribution is 5.99. The molecule has 1 unspecified atom stereocenters. The summed E-state index contributed by atoms with van der Waals surface area (Å²) in [6, 6.07) is 5.82. The van der Waals surface area contributed by atoms with Gasteiger partial charge in [-0.3, -0.25) is 4.79 Å². The summed E-state index contributed by atoms with van der Waals surface area (Å²) >= 11 is 0. The maximum Gasteiger partial charge on any atom is 0.391 e. The van der Waals surface area contributed by atoms with Crippen molar-refractivity contribution >= 4 is 11.6 Å². The van der Waals surface area contributed by atoms with Gasteiger partial charge in [-0.1, -0.05) is 19.1 Å². The first-order valence-corrected chi connectivity index (χ1v) is 6.54. The molecule has 0 saturated heterocycles. The van der Waals surface area contributed by atoms with Crippen molar-refractivity contribution in [2.24, 2.45) is 0 Å². The number of carbonyl (C=O) groups excluding carboxylic acids is 1. The van der Waals surface area contributed by atoms with Crippen LogP contribution in [-0.4, -0.2) is 24.7 Å². The molecule has 1 atom stereocenters. The summed E-state index contributed by atoms with van der Waals surface area (Å²) in [4.78, 5) is 12.0. The summed E-state index contributed by atoms with van der Waals surface area (Å²) in [7, 11) is 0. The third-order valence-corrected chi connectivity index (χ3v) is 2.65. The topological polar surface area (TPSA) is 41.1 Å². The minimum Gasteiger partial charge on any atom is -0.384 e. The van der Waals surface area contributed by atoms with Gasteiger partial charge in [-0.05, 0) is 25.5 Å². The smallest absolute Gasteiger partial charge is 0.384 e. The Morgan fingerprint density at radius 3 is 2.55 bits per heavy atom. The van der Waals surface area contributed by atoms with Crippen molar-refractivity contribution in [2.45, 2.75) is 38.9 Å². The van der Waals surface area contributed by atoms with E-state index in [1.807, 2.05) is 6.92 Å². The molecule has 0 fully saturated rings. The van der Waals surface area contributed by atoms with Crippen LogP contribution in [0.4, 0.5) is 18.9 Å². The Kier molecular flexibility index (Phi) is 5.85. The largest absolute Gasteiger partial charge is 0.391 e. The van der Waals surface area contributed by atoms with Crippen molar-refractivity contribution in [1.29, 1.82) is 0 Å². The van der Waals surface area contributed by atoms with Crippen LogP contribution < -0.4 is 10.6 Å². The van der Waals surface area contributed by atoms with Gasteiger partial charge in [0.2, 0.25) is 0 Å². The molecule has 0 saturated carbocycles. The van der Waals surface area contributed by atoms with Crippen molar-refractivity contribution in [3.8, 4) is 0 Å². The lowest BCUT2D eigenvalue weighted by Crippen LogP contribution is -2.36.